The molecule has 0 radical (unpaired) electrons. The van der Waals surface area contributed by atoms with Crippen molar-refractivity contribution in [1.29, 1.82) is 0 Å². The minimum atomic E-state index is -2.10. The van der Waals surface area contributed by atoms with Crippen LogP contribution in [0.4, 0.5) is 0 Å². The number of amides is 5. The standard InChI is InChI=1S/C52H97N7O27/c1-52(2,3)86-51(85)29(12-6-9-17-58(20-32(66)43(77)47(81)36(70)25-62)21-33(67)44(78)48(82)37(71)26-63)56-50(84)28(10-4-7-15-53)55-49(83)27(54-38(72)22-59-39(73)13-14-40(59)74)11-5-8-16-57(18-30(64)41(75)45(79)34(68)23-60)19-31(65)42(76)46(80)35(69)24-61/h13-14,27-37,41-48,60-71,75-82H,4-12,15-26,53H2,1-3H3,(H,54,72)(H,55,83)(H,56,84)/t27-,28-,29-,30-,31-,32-,33-,34+,35+,36+,37+,41+,42+,43+,44+,45+,46+,47+,48+/m0/s1. The van der Waals surface area contributed by atoms with Crippen LogP contribution in [0.5, 0.6) is 0 Å². The fourth-order valence-corrected chi connectivity index (χ4v) is 8.79. The first-order chi connectivity index (χ1) is 40.2. The van der Waals surface area contributed by atoms with E-state index in [1.807, 2.05) is 0 Å². The molecule has 0 aliphatic carbocycles. The Bertz CT molecular complexity index is 1950. The molecule has 0 saturated heterocycles. The molecule has 0 aromatic rings. The van der Waals surface area contributed by atoms with Crippen LogP contribution in [0.25, 0.3) is 0 Å². The molecule has 502 valence electrons. The Balaban J connectivity index is 3.59. The second-order valence-electron chi connectivity index (χ2n) is 22.4. The molecule has 5 amide bonds. The second-order valence-corrected chi connectivity index (χ2v) is 22.4. The van der Waals surface area contributed by atoms with Crippen LogP contribution in [0.15, 0.2) is 12.2 Å². The van der Waals surface area contributed by atoms with E-state index in [1.165, 1.54) is 9.80 Å². The van der Waals surface area contributed by atoms with E-state index in [9.17, 15) is 131 Å². The quantitative estimate of drug-likeness (QED) is 0.0153. The summed E-state index contributed by atoms with van der Waals surface area (Å²) in [5.41, 5.74) is 4.62. The van der Waals surface area contributed by atoms with Gasteiger partial charge in [-0.25, -0.2) is 4.79 Å². The van der Waals surface area contributed by atoms with E-state index in [2.05, 4.69) is 16.0 Å². The highest BCUT2D eigenvalue weighted by molar-refractivity contribution is 6.14. The van der Waals surface area contributed by atoms with Gasteiger partial charge in [-0.15, -0.1) is 0 Å². The number of ether oxygens (including phenoxy) is 1. The van der Waals surface area contributed by atoms with Gasteiger partial charge in [0, 0.05) is 38.3 Å². The molecule has 86 heavy (non-hydrogen) atoms. The molecule has 0 aromatic heterocycles. The first-order valence-electron chi connectivity index (χ1n) is 28.3. The van der Waals surface area contributed by atoms with Gasteiger partial charge >= 0.3 is 5.97 Å². The fourth-order valence-electron chi connectivity index (χ4n) is 8.79. The first kappa shape index (κ1) is 79.9. The summed E-state index contributed by atoms with van der Waals surface area (Å²) in [6.07, 6.45) is -30.0. The van der Waals surface area contributed by atoms with Crippen LogP contribution >= 0.6 is 0 Å². The molecule has 19 atom stereocenters. The van der Waals surface area contributed by atoms with Crippen LogP contribution in [-0.4, -0.2) is 353 Å². The van der Waals surface area contributed by atoms with Crippen LogP contribution in [0, 0.1) is 0 Å². The van der Waals surface area contributed by atoms with E-state index < -0.39 is 216 Å². The third kappa shape index (κ3) is 28.1. The molecule has 34 heteroatoms. The fraction of sp³-hybridized carbons (Fsp3) is 0.846. The summed E-state index contributed by atoms with van der Waals surface area (Å²) >= 11 is 0. The Hall–Kier alpha value is -4.16. The summed E-state index contributed by atoms with van der Waals surface area (Å²) in [5, 5.41) is 210. The number of imide groups is 1. The molecule has 0 unspecified atom stereocenters. The van der Waals surface area contributed by atoms with E-state index in [0.29, 0.717) is 11.3 Å². The second kappa shape index (κ2) is 40.5. The van der Waals surface area contributed by atoms with Gasteiger partial charge in [0.15, 0.2) is 0 Å². The lowest BCUT2D eigenvalue weighted by atomic mass is 10.0. The van der Waals surface area contributed by atoms with Gasteiger partial charge in [-0.05, 0) is 98.2 Å². The van der Waals surface area contributed by atoms with E-state index in [0.717, 1.165) is 12.2 Å². The van der Waals surface area contributed by atoms with Gasteiger partial charge in [-0.2, -0.15) is 0 Å². The van der Waals surface area contributed by atoms with Crippen molar-refractivity contribution in [3.63, 3.8) is 0 Å². The Labute approximate surface area is 497 Å². The van der Waals surface area contributed by atoms with Crippen molar-refractivity contribution in [1.82, 2.24) is 30.7 Å². The molecule has 1 heterocycles. The molecule has 25 N–H and O–H groups in total. The molecule has 0 aromatic carbocycles. The number of unbranched alkanes of at least 4 members (excludes halogenated alkanes) is 3. The Morgan fingerprint density at radius 1 is 0.465 bits per heavy atom. The molecule has 0 saturated carbocycles. The van der Waals surface area contributed by atoms with Gasteiger partial charge in [-0.1, -0.05) is 0 Å². The monoisotopic (exact) mass is 1250 g/mol. The average molecular weight is 1250 g/mol. The highest BCUT2D eigenvalue weighted by Crippen LogP contribution is 2.18. The number of carbonyl (C=O) groups excluding carboxylic acids is 6. The number of nitrogens with one attached hydrogen (secondary N) is 3. The number of carbonyl (C=O) groups is 6. The lowest BCUT2D eigenvalue weighted by molar-refractivity contribution is -0.159. The zero-order valence-corrected chi connectivity index (χ0v) is 48.7. The summed E-state index contributed by atoms with van der Waals surface area (Å²) < 4.78 is 5.60. The minimum Gasteiger partial charge on any atom is -0.458 e. The summed E-state index contributed by atoms with van der Waals surface area (Å²) in [7, 11) is 0. The smallest absolute Gasteiger partial charge is 0.329 e. The first-order valence-corrected chi connectivity index (χ1v) is 28.3. The van der Waals surface area contributed by atoms with Gasteiger partial charge in [0.05, 0.1) is 50.8 Å². The number of nitrogens with zero attached hydrogens (tertiary/aromatic N) is 3. The van der Waals surface area contributed by atoms with Gasteiger partial charge < -0.3 is 129 Å². The van der Waals surface area contributed by atoms with Crippen LogP contribution in [0.2, 0.25) is 0 Å². The van der Waals surface area contributed by atoms with E-state index in [4.69, 9.17) is 10.5 Å². The maximum atomic E-state index is 14.4. The van der Waals surface area contributed by atoms with Gasteiger partial charge in [0.2, 0.25) is 17.7 Å². The molecule has 0 spiro atoms. The Kier molecular flexibility index (Phi) is 37.6. The SMILES string of the molecule is CC(C)(C)OC(=O)[C@H](CCCCN(C[C@H](O)[C@@H](O)[C@H](O)[C@H](O)CO)C[C@H](O)[C@@H](O)[C@H](O)[C@H](O)CO)NC(=O)[C@H](CCCCN)NC(=O)[C@H](CCCCN(C[C@H](O)[C@@H](O)[C@H](O)[C@H](O)CO)C[C@H](O)[C@@H](O)[C@H](O)[C@H](O)CO)NC(=O)CN1C(=O)C=CC1=O. The number of esters is 1. The lowest BCUT2D eigenvalue weighted by Gasteiger charge is -2.33. The maximum Gasteiger partial charge on any atom is 0.329 e. The highest BCUT2D eigenvalue weighted by Gasteiger charge is 2.38. The largest absolute Gasteiger partial charge is 0.458 e. The Morgan fingerprint density at radius 2 is 0.756 bits per heavy atom. The molecule has 34 nitrogen and oxygen atoms in total. The molecular weight excluding hydrogens is 1150 g/mol. The van der Waals surface area contributed by atoms with Gasteiger partial charge in [-0.3, -0.25) is 38.7 Å². The number of nitrogens with two attached hydrogens (primary N) is 1. The summed E-state index contributed by atoms with van der Waals surface area (Å²) in [6.45, 7) is -2.92. The maximum absolute atomic E-state index is 14.4. The van der Waals surface area contributed by atoms with Crippen molar-refractivity contribution in [3.05, 3.63) is 12.2 Å². The van der Waals surface area contributed by atoms with Crippen molar-refractivity contribution in [3.8, 4) is 0 Å². The number of aliphatic hydroxyl groups excluding tert-OH is 20. The van der Waals surface area contributed by atoms with Crippen molar-refractivity contribution >= 4 is 35.5 Å². The van der Waals surface area contributed by atoms with Crippen LogP contribution < -0.4 is 21.7 Å². The zero-order chi connectivity index (χ0) is 65.8. The zero-order valence-electron chi connectivity index (χ0n) is 48.7. The summed E-state index contributed by atoms with van der Waals surface area (Å²) in [5.74, 6) is -5.58. The van der Waals surface area contributed by atoms with E-state index >= 15 is 0 Å². The van der Waals surface area contributed by atoms with Crippen LogP contribution in [0.1, 0.15) is 78.6 Å². The van der Waals surface area contributed by atoms with Gasteiger partial charge in [0.25, 0.3) is 11.8 Å². The third-order valence-electron chi connectivity index (χ3n) is 14.0. The molecule has 1 aliphatic heterocycles. The van der Waals surface area contributed by atoms with E-state index in [1.54, 1.807) is 20.8 Å². The number of hydrogen-bond acceptors (Lipinski definition) is 30. The van der Waals surface area contributed by atoms with E-state index in [-0.39, 0.29) is 71.0 Å². The highest BCUT2D eigenvalue weighted by atomic mass is 16.6. The van der Waals surface area contributed by atoms with Gasteiger partial charge in [0.1, 0.15) is 104 Å². The predicted octanol–water partition coefficient (Wildman–Crippen LogP) is -12.5. The molecule has 0 bridgehead atoms. The number of hydrogen-bond donors (Lipinski definition) is 24. The molecule has 1 aliphatic rings. The normalized spacial score (nSPS) is 19.9. The molecular formula is C52H97N7O27. The summed E-state index contributed by atoms with van der Waals surface area (Å²) in [4.78, 5) is 83.6. The van der Waals surface area contributed by atoms with Crippen molar-refractivity contribution in [2.45, 2.75) is 200 Å². The molecule has 0 fully saturated rings. The topological polar surface area (TPSA) is 588 Å². The average Bonchev–Trinajstić information content (AvgIpc) is 3.69. The minimum absolute atomic E-state index is 0.0195. The van der Waals surface area contributed by atoms with Crippen molar-refractivity contribution in [2.24, 2.45) is 5.73 Å². The predicted molar refractivity (Wildman–Crippen MR) is 295 cm³/mol. The van der Waals surface area contributed by atoms with Crippen LogP contribution in [0.3, 0.4) is 0 Å². The lowest BCUT2D eigenvalue weighted by Crippen LogP contribution is -2.57. The van der Waals surface area contributed by atoms with Crippen molar-refractivity contribution in [2.75, 3.05) is 78.8 Å². The number of rotatable bonds is 46. The molecule has 1 rings (SSSR count). The third-order valence-corrected chi connectivity index (χ3v) is 14.0. The van der Waals surface area contributed by atoms with Crippen molar-refractivity contribution < 1.29 is 136 Å². The summed E-state index contributed by atoms with van der Waals surface area (Å²) in [6, 6.07) is -4.50. The van der Waals surface area contributed by atoms with Crippen LogP contribution in [-0.2, 0) is 33.5 Å². The Morgan fingerprint density at radius 3 is 1.07 bits per heavy atom. The number of aliphatic hydroxyl groups is 20.